The Kier molecular flexibility index (Phi) is 5.32. The van der Waals surface area contributed by atoms with E-state index >= 15 is 0 Å². The van der Waals surface area contributed by atoms with Crippen LogP contribution in [0.25, 0.3) is 0 Å². The van der Waals surface area contributed by atoms with Crippen molar-refractivity contribution in [2.45, 2.75) is 52.0 Å². The van der Waals surface area contributed by atoms with E-state index in [0.717, 1.165) is 6.04 Å². The largest absolute Gasteiger partial charge is 0.314 e. The van der Waals surface area contributed by atoms with Crippen LogP contribution in [0.5, 0.6) is 0 Å². The molecule has 2 heteroatoms. The molecule has 0 bridgehead atoms. The van der Waals surface area contributed by atoms with E-state index in [1.165, 1.54) is 44.4 Å². The van der Waals surface area contributed by atoms with Crippen molar-refractivity contribution in [3.05, 3.63) is 0 Å². The van der Waals surface area contributed by atoms with Gasteiger partial charge >= 0.3 is 0 Å². The molecule has 0 heterocycles. The van der Waals surface area contributed by atoms with Gasteiger partial charge in [0.05, 0.1) is 0 Å². The molecule has 84 valence electrons. The van der Waals surface area contributed by atoms with Gasteiger partial charge in [-0.1, -0.05) is 13.8 Å². The Balaban J connectivity index is 2.04. The van der Waals surface area contributed by atoms with E-state index in [2.05, 4.69) is 25.4 Å². The first-order valence-corrected chi connectivity index (χ1v) is 7.26. The molecular formula is C12H25NS. The number of hydrogen-bond donors (Lipinski definition) is 1. The van der Waals surface area contributed by atoms with Crippen LogP contribution < -0.4 is 5.32 Å². The maximum absolute atomic E-state index is 3.68. The highest BCUT2D eigenvalue weighted by molar-refractivity contribution is 7.98. The van der Waals surface area contributed by atoms with Gasteiger partial charge in [0, 0.05) is 6.04 Å². The first-order valence-electron chi connectivity index (χ1n) is 5.86. The second-order valence-corrected chi connectivity index (χ2v) is 6.22. The summed E-state index contributed by atoms with van der Waals surface area (Å²) in [7, 11) is 0. The Morgan fingerprint density at radius 2 is 1.93 bits per heavy atom. The number of nitrogens with one attached hydrogen (secondary N) is 1. The summed E-state index contributed by atoms with van der Waals surface area (Å²) in [5.41, 5.74) is 0.609. The van der Waals surface area contributed by atoms with Gasteiger partial charge in [0.25, 0.3) is 0 Å². The normalized spacial score (nSPS) is 22.5. The molecular weight excluding hydrogens is 190 g/mol. The van der Waals surface area contributed by atoms with Crippen molar-refractivity contribution >= 4 is 11.8 Å². The topological polar surface area (TPSA) is 12.0 Å². The molecule has 0 aromatic carbocycles. The molecule has 1 nitrogen and oxygen atoms in total. The van der Waals surface area contributed by atoms with E-state index in [1.807, 2.05) is 11.8 Å². The van der Waals surface area contributed by atoms with Crippen LogP contribution in [0.1, 0.15) is 46.0 Å². The highest BCUT2D eigenvalue weighted by atomic mass is 32.2. The smallest absolute Gasteiger partial charge is 0.00674 e. The third-order valence-corrected chi connectivity index (χ3v) is 3.99. The van der Waals surface area contributed by atoms with Crippen LogP contribution in [0.3, 0.4) is 0 Å². The van der Waals surface area contributed by atoms with E-state index in [9.17, 15) is 0 Å². The monoisotopic (exact) mass is 215 g/mol. The fourth-order valence-electron chi connectivity index (χ4n) is 2.13. The molecule has 14 heavy (non-hydrogen) atoms. The summed E-state index contributed by atoms with van der Waals surface area (Å²) in [6.45, 7) is 6.01. The van der Waals surface area contributed by atoms with Crippen molar-refractivity contribution in [1.29, 1.82) is 0 Å². The first-order chi connectivity index (χ1) is 6.64. The van der Waals surface area contributed by atoms with Gasteiger partial charge in [-0.25, -0.2) is 0 Å². The lowest BCUT2D eigenvalue weighted by atomic mass is 9.75. The van der Waals surface area contributed by atoms with Crippen LogP contribution in [0.2, 0.25) is 0 Å². The van der Waals surface area contributed by atoms with Crippen molar-refractivity contribution in [1.82, 2.24) is 5.32 Å². The quantitative estimate of drug-likeness (QED) is 0.706. The standard InChI is InChI=1S/C12H25NS/c1-12(2)7-5-11(6-8-12)13-9-4-10-14-3/h11,13H,4-10H2,1-3H3. The van der Waals surface area contributed by atoms with Gasteiger partial charge < -0.3 is 5.32 Å². The second-order valence-electron chi connectivity index (χ2n) is 5.24. The van der Waals surface area contributed by atoms with Crippen LogP contribution in [0.15, 0.2) is 0 Å². The fraction of sp³-hybridized carbons (Fsp3) is 1.00. The summed E-state index contributed by atoms with van der Waals surface area (Å²) in [6, 6.07) is 0.810. The lowest BCUT2D eigenvalue weighted by Crippen LogP contribution is -2.36. The Labute approximate surface area is 93.4 Å². The summed E-state index contributed by atoms with van der Waals surface area (Å²) in [6.07, 6.45) is 9.06. The summed E-state index contributed by atoms with van der Waals surface area (Å²) in [5.74, 6) is 1.30. The molecule has 0 amide bonds. The van der Waals surface area contributed by atoms with E-state index in [4.69, 9.17) is 0 Å². The van der Waals surface area contributed by atoms with Crippen LogP contribution >= 0.6 is 11.8 Å². The van der Waals surface area contributed by atoms with Gasteiger partial charge in [-0.15, -0.1) is 0 Å². The molecule has 0 aromatic rings. The van der Waals surface area contributed by atoms with Crippen LogP contribution in [-0.2, 0) is 0 Å². The minimum absolute atomic E-state index is 0.609. The average molecular weight is 215 g/mol. The molecule has 1 N–H and O–H groups in total. The summed E-state index contributed by atoms with van der Waals surface area (Å²) >= 11 is 1.95. The lowest BCUT2D eigenvalue weighted by Gasteiger charge is -2.34. The molecule has 1 aliphatic rings. The fourth-order valence-corrected chi connectivity index (χ4v) is 2.56. The Hall–Kier alpha value is 0.310. The second kappa shape index (κ2) is 6.02. The van der Waals surface area contributed by atoms with Gasteiger partial charge in [0.15, 0.2) is 0 Å². The zero-order valence-corrected chi connectivity index (χ0v) is 10.8. The molecule has 1 saturated carbocycles. The van der Waals surface area contributed by atoms with E-state index < -0.39 is 0 Å². The molecule has 0 atom stereocenters. The maximum Gasteiger partial charge on any atom is 0.00674 e. The van der Waals surface area contributed by atoms with E-state index in [1.54, 1.807) is 0 Å². The van der Waals surface area contributed by atoms with Gasteiger partial charge in [0.2, 0.25) is 0 Å². The molecule has 1 rings (SSSR count). The van der Waals surface area contributed by atoms with Crippen molar-refractivity contribution in [2.24, 2.45) is 5.41 Å². The van der Waals surface area contributed by atoms with Crippen molar-refractivity contribution in [3.63, 3.8) is 0 Å². The molecule has 0 radical (unpaired) electrons. The molecule has 0 aromatic heterocycles. The predicted molar refractivity (Wildman–Crippen MR) is 67.0 cm³/mol. The van der Waals surface area contributed by atoms with Crippen LogP contribution in [0, 0.1) is 5.41 Å². The van der Waals surface area contributed by atoms with Gasteiger partial charge in [-0.3, -0.25) is 0 Å². The van der Waals surface area contributed by atoms with Gasteiger partial charge in [-0.05, 0) is 56.1 Å². The third kappa shape index (κ3) is 4.70. The van der Waals surface area contributed by atoms with Gasteiger partial charge in [-0.2, -0.15) is 11.8 Å². The predicted octanol–water partition coefficient (Wildman–Crippen LogP) is 3.30. The Bertz CT molecular complexity index is 146. The minimum Gasteiger partial charge on any atom is -0.314 e. The number of thioether (sulfide) groups is 1. The summed E-state index contributed by atoms with van der Waals surface area (Å²) < 4.78 is 0. The molecule has 1 aliphatic carbocycles. The van der Waals surface area contributed by atoms with E-state index in [0.29, 0.717) is 5.41 Å². The Morgan fingerprint density at radius 3 is 2.50 bits per heavy atom. The van der Waals surface area contributed by atoms with Crippen LogP contribution in [-0.4, -0.2) is 24.6 Å². The zero-order chi connectivity index (χ0) is 10.4. The third-order valence-electron chi connectivity index (χ3n) is 3.30. The molecule has 0 aliphatic heterocycles. The maximum atomic E-state index is 3.68. The van der Waals surface area contributed by atoms with Crippen molar-refractivity contribution in [2.75, 3.05) is 18.6 Å². The number of rotatable bonds is 5. The summed E-state index contributed by atoms with van der Waals surface area (Å²) in [5, 5.41) is 3.68. The average Bonchev–Trinajstić information content (AvgIpc) is 2.15. The van der Waals surface area contributed by atoms with Crippen LogP contribution in [0.4, 0.5) is 0 Å². The zero-order valence-electron chi connectivity index (χ0n) is 9.94. The van der Waals surface area contributed by atoms with Crippen molar-refractivity contribution in [3.8, 4) is 0 Å². The highest BCUT2D eigenvalue weighted by Crippen LogP contribution is 2.34. The van der Waals surface area contributed by atoms with E-state index in [-0.39, 0.29) is 0 Å². The molecule has 1 fully saturated rings. The van der Waals surface area contributed by atoms with Crippen molar-refractivity contribution < 1.29 is 0 Å². The van der Waals surface area contributed by atoms with Gasteiger partial charge in [0.1, 0.15) is 0 Å². The molecule has 0 spiro atoms. The number of hydrogen-bond acceptors (Lipinski definition) is 2. The minimum atomic E-state index is 0.609. The molecule has 0 unspecified atom stereocenters. The summed E-state index contributed by atoms with van der Waals surface area (Å²) in [4.78, 5) is 0. The molecule has 0 saturated heterocycles. The SMILES string of the molecule is CSCCCNC1CCC(C)(C)CC1. The Morgan fingerprint density at radius 1 is 1.29 bits per heavy atom. The highest BCUT2D eigenvalue weighted by Gasteiger charge is 2.25. The first kappa shape index (κ1) is 12.4. The lowest BCUT2D eigenvalue weighted by molar-refractivity contribution is 0.207.